The van der Waals surface area contributed by atoms with Crippen molar-refractivity contribution in [3.05, 3.63) is 23.0 Å². The Kier molecular flexibility index (Phi) is 6.64. The second kappa shape index (κ2) is 9.25. The van der Waals surface area contributed by atoms with E-state index in [1.165, 1.54) is 0 Å². The quantitative estimate of drug-likeness (QED) is 0.537. The van der Waals surface area contributed by atoms with Gasteiger partial charge in [0.1, 0.15) is 5.67 Å². The van der Waals surface area contributed by atoms with Crippen LogP contribution < -0.4 is 0 Å². The standard InChI is InChI=1S/C30H41FN2O6/c1-7-25(36)38-16-24(35)30(39-26(37)8-2)17(3)11-21-20-10-9-19-12-22-18(15-33(6)32-22)13-27(19,4)29(20,31)23(34)14-28(21,30)5/h12,15,17,20-21,23,34H,7-11,13-14,16H2,1-6H3/t17-,20-,21?,23-,27-,28-,29-,30+/m0/s1. The first kappa shape index (κ1) is 28.0. The van der Waals surface area contributed by atoms with Crippen LogP contribution in [0.25, 0.3) is 6.08 Å². The fraction of sp³-hybridized carbons (Fsp3) is 0.733. The summed E-state index contributed by atoms with van der Waals surface area (Å²) >= 11 is 0. The van der Waals surface area contributed by atoms with Gasteiger partial charge >= 0.3 is 11.9 Å². The SMILES string of the molecule is CCC(=O)OCC(=O)[C@]1(OC(=O)CC)[C@@H](C)CC2[C@@H]3CCC4=Cc5nn(C)cc5C[C@]4(C)[C@@]3(F)[C@@H](O)C[C@@]21C. The molecule has 9 heteroatoms. The van der Waals surface area contributed by atoms with Crippen LogP contribution in [0, 0.1) is 28.6 Å². The molecular formula is C30H41FN2O6. The lowest BCUT2D eigenvalue weighted by Crippen LogP contribution is -2.70. The highest BCUT2D eigenvalue weighted by atomic mass is 19.1. The molecule has 1 N–H and O–H groups in total. The van der Waals surface area contributed by atoms with E-state index in [2.05, 4.69) is 5.10 Å². The molecule has 3 saturated carbocycles. The van der Waals surface area contributed by atoms with Gasteiger partial charge in [-0.25, -0.2) is 4.39 Å². The molecule has 1 unspecified atom stereocenters. The van der Waals surface area contributed by atoms with E-state index in [1.54, 1.807) is 18.5 Å². The Bertz CT molecular complexity index is 1240. The number of ketones is 1. The van der Waals surface area contributed by atoms with Gasteiger partial charge in [-0.1, -0.05) is 40.2 Å². The van der Waals surface area contributed by atoms with Gasteiger partial charge in [0.2, 0.25) is 5.78 Å². The van der Waals surface area contributed by atoms with Gasteiger partial charge in [-0.15, -0.1) is 0 Å². The molecule has 0 aliphatic heterocycles. The fourth-order valence-electron chi connectivity index (χ4n) is 8.98. The van der Waals surface area contributed by atoms with Gasteiger partial charge in [-0.2, -0.15) is 5.10 Å². The van der Waals surface area contributed by atoms with Crippen molar-refractivity contribution < 1.29 is 33.4 Å². The van der Waals surface area contributed by atoms with Crippen molar-refractivity contribution in [1.82, 2.24) is 9.78 Å². The number of alkyl halides is 1. The summed E-state index contributed by atoms with van der Waals surface area (Å²) in [6.45, 7) is 8.42. The van der Waals surface area contributed by atoms with E-state index in [0.29, 0.717) is 25.7 Å². The van der Waals surface area contributed by atoms with Crippen LogP contribution in [0.3, 0.4) is 0 Å². The van der Waals surface area contributed by atoms with Crippen molar-refractivity contribution in [2.45, 2.75) is 96.9 Å². The predicted octanol–water partition coefficient (Wildman–Crippen LogP) is 4.13. The third-order valence-corrected chi connectivity index (χ3v) is 10.8. The predicted molar refractivity (Wildman–Crippen MR) is 141 cm³/mol. The monoisotopic (exact) mass is 544 g/mol. The molecule has 4 aliphatic rings. The molecule has 0 bridgehead atoms. The number of halogens is 1. The lowest BCUT2D eigenvalue weighted by atomic mass is 9.43. The second-order valence-corrected chi connectivity index (χ2v) is 12.7. The minimum absolute atomic E-state index is 0.0395. The molecule has 1 aromatic rings. The molecule has 0 saturated heterocycles. The molecule has 5 rings (SSSR count). The van der Waals surface area contributed by atoms with Gasteiger partial charge in [-0.3, -0.25) is 19.1 Å². The highest BCUT2D eigenvalue weighted by molar-refractivity contribution is 5.93. The summed E-state index contributed by atoms with van der Waals surface area (Å²) in [4.78, 5) is 38.6. The van der Waals surface area contributed by atoms with E-state index in [9.17, 15) is 19.5 Å². The highest BCUT2D eigenvalue weighted by Crippen LogP contribution is 2.71. The van der Waals surface area contributed by atoms with E-state index < -0.39 is 64.4 Å². The molecular weight excluding hydrogens is 503 g/mol. The fourth-order valence-corrected chi connectivity index (χ4v) is 8.98. The number of aryl methyl sites for hydroxylation is 1. The molecule has 0 spiro atoms. The van der Waals surface area contributed by atoms with Gasteiger partial charge in [0.15, 0.2) is 12.2 Å². The van der Waals surface area contributed by atoms with Crippen molar-refractivity contribution in [3.63, 3.8) is 0 Å². The Morgan fingerprint density at radius 3 is 2.54 bits per heavy atom. The maximum absolute atomic E-state index is 17.9. The van der Waals surface area contributed by atoms with E-state index >= 15 is 4.39 Å². The zero-order valence-electron chi connectivity index (χ0n) is 23.9. The maximum atomic E-state index is 17.9. The number of hydrogen-bond acceptors (Lipinski definition) is 7. The number of carbonyl (C=O) groups excluding carboxylic acids is 3. The zero-order valence-corrected chi connectivity index (χ0v) is 23.9. The smallest absolute Gasteiger partial charge is 0.306 e. The van der Waals surface area contributed by atoms with Gasteiger partial charge in [0.05, 0.1) is 11.8 Å². The molecule has 1 aromatic heterocycles. The number of Topliss-reactive ketones (excluding diaryl/α,β-unsaturated/α-hetero) is 1. The molecule has 39 heavy (non-hydrogen) atoms. The number of ether oxygens (including phenoxy) is 2. The van der Waals surface area contributed by atoms with Crippen LogP contribution in [0.5, 0.6) is 0 Å². The first-order chi connectivity index (χ1) is 18.3. The second-order valence-electron chi connectivity index (χ2n) is 12.7. The molecule has 214 valence electrons. The van der Waals surface area contributed by atoms with E-state index in [4.69, 9.17) is 9.47 Å². The number of hydrogen-bond donors (Lipinski definition) is 1. The normalized spacial score (nSPS) is 40.5. The number of rotatable bonds is 6. The molecule has 3 fully saturated rings. The van der Waals surface area contributed by atoms with Crippen molar-refractivity contribution in [1.29, 1.82) is 0 Å². The number of carbonyl (C=O) groups is 3. The topological polar surface area (TPSA) is 108 Å². The Morgan fingerprint density at radius 1 is 1.18 bits per heavy atom. The van der Waals surface area contributed by atoms with Crippen molar-refractivity contribution in [3.8, 4) is 0 Å². The lowest BCUT2D eigenvalue weighted by Gasteiger charge is -2.63. The van der Waals surface area contributed by atoms with Crippen LogP contribution in [0.2, 0.25) is 0 Å². The van der Waals surface area contributed by atoms with Crippen molar-refractivity contribution >= 4 is 23.8 Å². The molecule has 0 radical (unpaired) electrons. The summed E-state index contributed by atoms with van der Waals surface area (Å²) in [7, 11) is 1.85. The first-order valence-corrected chi connectivity index (χ1v) is 14.3. The summed E-state index contributed by atoms with van der Waals surface area (Å²) in [5.74, 6) is -2.85. The molecule has 0 aromatic carbocycles. The van der Waals surface area contributed by atoms with Crippen molar-refractivity contribution in [2.24, 2.45) is 35.6 Å². The summed E-state index contributed by atoms with van der Waals surface area (Å²) in [5, 5.41) is 16.4. The van der Waals surface area contributed by atoms with Crippen molar-refractivity contribution in [2.75, 3.05) is 6.61 Å². The largest absolute Gasteiger partial charge is 0.457 e. The lowest BCUT2D eigenvalue weighted by molar-refractivity contribution is -0.234. The molecule has 8 atom stereocenters. The number of nitrogens with zero attached hydrogens (tertiary/aromatic N) is 2. The van der Waals surface area contributed by atoms with E-state index in [-0.39, 0.29) is 25.2 Å². The molecule has 1 heterocycles. The number of esters is 2. The van der Waals surface area contributed by atoms with Crippen LogP contribution in [-0.4, -0.2) is 56.6 Å². The van der Waals surface area contributed by atoms with Crippen LogP contribution in [0.15, 0.2) is 11.8 Å². The summed E-state index contributed by atoms with van der Waals surface area (Å²) < 4.78 is 30.9. The Balaban J connectivity index is 1.58. The number of aliphatic hydroxyl groups excluding tert-OH is 1. The number of fused-ring (bicyclic) bond motifs is 6. The number of aromatic nitrogens is 2. The van der Waals surface area contributed by atoms with Crippen LogP contribution >= 0.6 is 0 Å². The van der Waals surface area contributed by atoms with Gasteiger partial charge in [0.25, 0.3) is 0 Å². The maximum Gasteiger partial charge on any atom is 0.306 e. The van der Waals surface area contributed by atoms with Gasteiger partial charge in [0, 0.05) is 48.8 Å². The Labute approximate surface area is 229 Å². The minimum Gasteiger partial charge on any atom is -0.457 e. The summed E-state index contributed by atoms with van der Waals surface area (Å²) in [6, 6.07) is 0. The van der Waals surface area contributed by atoms with Gasteiger partial charge < -0.3 is 14.6 Å². The third kappa shape index (κ3) is 3.64. The Hall–Kier alpha value is -2.55. The number of aliphatic hydroxyl groups is 1. The minimum atomic E-state index is -1.93. The molecule has 8 nitrogen and oxygen atoms in total. The van der Waals surface area contributed by atoms with Gasteiger partial charge in [-0.05, 0) is 49.7 Å². The average Bonchev–Trinajstić information content (AvgIpc) is 3.34. The highest BCUT2D eigenvalue weighted by Gasteiger charge is 2.77. The number of allylic oxidation sites excluding steroid dienone is 1. The van der Waals surface area contributed by atoms with Crippen LogP contribution in [-0.2, 0) is 37.3 Å². The summed E-state index contributed by atoms with van der Waals surface area (Å²) in [6.07, 6.45) is 4.76. The van der Waals surface area contributed by atoms with Crippen LogP contribution in [0.1, 0.15) is 84.4 Å². The average molecular weight is 545 g/mol. The van der Waals surface area contributed by atoms with E-state index in [1.807, 2.05) is 40.1 Å². The zero-order chi connectivity index (χ0) is 28.5. The Morgan fingerprint density at radius 2 is 1.87 bits per heavy atom. The third-order valence-electron chi connectivity index (χ3n) is 10.8. The summed E-state index contributed by atoms with van der Waals surface area (Å²) in [5.41, 5.74) is -2.74. The van der Waals surface area contributed by atoms with Crippen LogP contribution in [0.4, 0.5) is 4.39 Å². The first-order valence-electron chi connectivity index (χ1n) is 14.3. The molecule has 0 amide bonds. The van der Waals surface area contributed by atoms with E-state index in [0.717, 1.165) is 16.8 Å². The molecule has 4 aliphatic carbocycles.